The number of carboxylic acid groups (broad SMARTS) is 1. The van der Waals surface area contributed by atoms with Gasteiger partial charge in [-0.1, -0.05) is 6.07 Å². The largest absolute Gasteiger partial charge is 0.480 e. The van der Waals surface area contributed by atoms with Gasteiger partial charge < -0.3 is 10.0 Å². The van der Waals surface area contributed by atoms with E-state index >= 15 is 0 Å². The second kappa shape index (κ2) is 11.4. The number of halogens is 7. The molecule has 0 unspecified atom stereocenters. The zero-order valence-corrected chi connectivity index (χ0v) is 25.4. The highest BCUT2D eigenvalue weighted by Gasteiger charge is 2.47. The van der Waals surface area contributed by atoms with Crippen molar-refractivity contribution in [2.45, 2.75) is 69.9 Å². The molecule has 0 spiro atoms. The Balaban J connectivity index is 1.84. The van der Waals surface area contributed by atoms with Crippen molar-refractivity contribution >= 4 is 17.6 Å². The summed E-state index contributed by atoms with van der Waals surface area (Å²) in [4.78, 5) is 33.3. The van der Waals surface area contributed by atoms with Gasteiger partial charge in [-0.05, 0) is 101 Å². The number of anilines is 1. The molecule has 242 valence electrons. The molecule has 2 atom stereocenters. The van der Waals surface area contributed by atoms with Gasteiger partial charge in [0, 0.05) is 12.6 Å². The number of nitrogens with zero attached hydrogens (tertiary/aromatic N) is 3. The van der Waals surface area contributed by atoms with Gasteiger partial charge in [-0.2, -0.15) is 26.3 Å². The van der Waals surface area contributed by atoms with Crippen LogP contribution in [0.5, 0.6) is 0 Å². The van der Waals surface area contributed by atoms with E-state index in [9.17, 15) is 45.4 Å². The summed E-state index contributed by atoms with van der Waals surface area (Å²) in [5.41, 5.74) is -4.62. The normalized spacial score (nSPS) is 19.5. The van der Waals surface area contributed by atoms with E-state index in [4.69, 9.17) is 0 Å². The number of likely N-dealkylation sites (N-methyl/N-ethyl adjacent to an activating group) is 2. The molecule has 4 rings (SSSR count). The highest BCUT2D eigenvalue weighted by molar-refractivity contribution is 6.03. The van der Waals surface area contributed by atoms with Crippen LogP contribution in [0, 0.1) is 12.7 Å². The van der Waals surface area contributed by atoms with Crippen LogP contribution in [0.2, 0.25) is 0 Å². The number of aryl methyl sites for hydroxylation is 1. The second-order valence-electron chi connectivity index (χ2n) is 12.1. The van der Waals surface area contributed by atoms with Crippen LogP contribution in [-0.2, 0) is 27.4 Å². The molecule has 13 heteroatoms. The predicted molar refractivity (Wildman–Crippen MR) is 153 cm³/mol. The summed E-state index contributed by atoms with van der Waals surface area (Å²) in [7, 11) is 2.98. The monoisotopic (exact) mass is 639 g/mol. The van der Waals surface area contributed by atoms with Gasteiger partial charge in [0.1, 0.15) is 11.4 Å². The number of aromatic nitrogens is 1. The number of alkyl halides is 6. The van der Waals surface area contributed by atoms with Crippen molar-refractivity contribution < 1.29 is 45.4 Å². The lowest BCUT2D eigenvalue weighted by Crippen LogP contribution is -2.46. The first-order valence-electron chi connectivity index (χ1n) is 13.9. The van der Waals surface area contributed by atoms with Gasteiger partial charge in [-0.15, -0.1) is 0 Å². The molecule has 2 heterocycles. The molecule has 0 radical (unpaired) electrons. The molecular formula is C32H32F7N3O3. The lowest BCUT2D eigenvalue weighted by atomic mass is 9.81. The number of amides is 1. The number of pyridine rings is 1. The minimum atomic E-state index is -5.10. The topological polar surface area (TPSA) is 73.7 Å². The molecule has 1 amide bonds. The summed E-state index contributed by atoms with van der Waals surface area (Å²) in [6.07, 6.45) is -8.07. The Kier molecular flexibility index (Phi) is 8.60. The lowest BCUT2D eigenvalue weighted by molar-refractivity contribution is -0.148. The predicted octanol–water partition coefficient (Wildman–Crippen LogP) is 7.78. The number of hydrogen-bond donors (Lipinski definition) is 1. The van der Waals surface area contributed by atoms with Crippen molar-refractivity contribution in [2.24, 2.45) is 0 Å². The number of rotatable bonds is 6. The zero-order chi connectivity index (χ0) is 33.9. The summed E-state index contributed by atoms with van der Waals surface area (Å²) in [6, 6.07) is 6.25. The summed E-state index contributed by atoms with van der Waals surface area (Å²) >= 11 is 0. The average Bonchev–Trinajstić information content (AvgIpc) is 3.26. The van der Waals surface area contributed by atoms with Crippen LogP contribution in [0.4, 0.5) is 36.4 Å². The van der Waals surface area contributed by atoms with E-state index in [1.807, 2.05) is 0 Å². The third kappa shape index (κ3) is 6.27. The Morgan fingerprint density at radius 2 is 1.51 bits per heavy atom. The highest BCUT2D eigenvalue weighted by atomic mass is 19.4. The maximum Gasteiger partial charge on any atom is 0.416 e. The number of carboxylic acids is 1. The van der Waals surface area contributed by atoms with E-state index in [0.29, 0.717) is 47.4 Å². The van der Waals surface area contributed by atoms with Crippen molar-refractivity contribution in [1.29, 1.82) is 0 Å². The van der Waals surface area contributed by atoms with E-state index in [1.54, 1.807) is 31.9 Å². The third-order valence-electron chi connectivity index (χ3n) is 8.85. The molecule has 1 N–H and O–H groups in total. The molecule has 0 saturated carbocycles. The van der Waals surface area contributed by atoms with Crippen LogP contribution in [-0.4, -0.2) is 46.5 Å². The summed E-state index contributed by atoms with van der Waals surface area (Å²) in [5.74, 6) is -2.35. The van der Waals surface area contributed by atoms with Crippen LogP contribution in [0.15, 0.2) is 48.7 Å². The van der Waals surface area contributed by atoms with E-state index in [2.05, 4.69) is 4.98 Å². The van der Waals surface area contributed by atoms with Crippen molar-refractivity contribution in [3.63, 3.8) is 0 Å². The molecule has 1 aliphatic rings. The Morgan fingerprint density at radius 1 is 0.956 bits per heavy atom. The van der Waals surface area contributed by atoms with Gasteiger partial charge in [0.15, 0.2) is 0 Å². The average molecular weight is 640 g/mol. The molecule has 0 bridgehead atoms. The number of hydrogen-bond acceptors (Lipinski definition) is 4. The van der Waals surface area contributed by atoms with Gasteiger partial charge in [0.25, 0.3) is 0 Å². The van der Waals surface area contributed by atoms with E-state index < -0.39 is 63.7 Å². The number of carbonyl (C=O) groups excluding carboxylic acids is 1. The minimum Gasteiger partial charge on any atom is -0.480 e. The molecular weight excluding hydrogens is 607 g/mol. The summed E-state index contributed by atoms with van der Waals surface area (Å²) < 4.78 is 95.7. The highest BCUT2D eigenvalue weighted by Crippen LogP contribution is 2.44. The minimum absolute atomic E-state index is 0.00120. The molecule has 1 aliphatic heterocycles. The molecule has 0 aliphatic carbocycles. The third-order valence-corrected chi connectivity index (χ3v) is 8.85. The SMILES string of the molecule is Cc1cc(F)ccc1-c1cc([C@@H]2CC[C@](C)(C(=O)O)N2C)ncc1N(C)C(=O)C(C)(C)c1cc(C(F)(F)F)cc(C(F)(F)F)c1. The van der Waals surface area contributed by atoms with Crippen LogP contribution in [0.25, 0.3) is 11.1 Å². The lowest BCUT2D eigenvalue weighted by Gasteiger charge is -2.33. The smallest absolute Gasteiger partial charge is 0.416 e. The van der Waals surface area contributed by atoms with E-state index in [-0.39, 0.29) is 11.8 Å². The van der Waals surface area contributed by atoms with Gasteiger partial charge in [-0.3, -0.25) is 19.5 Å². The van der Waals surface area contributed by atoms with Gasteiger partial charge >= 0.3 is 18.3 Å². The van der Waals surface area contributed by atoms with Crippen molar-refractivity contribution in [2.75, 3.05) is 19.0 Å². The first kappa shape index (κ1) is 33.9. The zero-order valence-electron chi connectivity index (χ0n) is 25.4. The van der Waals surface area contributed by atoms with Gasteiger partial charge in [-0.25, -0.2) is 4.39 Å². The van der Waals surface area contributed by atoms with Crippen molar-refractivity contribution in [1.82, 2.24) is 9.88 Å². The molecule has 6 nitrogen and oxygen atoms in total. The fourth-order valence-corrected chi connectivity index (χ4v) is 5.76. The number of carbonyl (C=O) groups is 2. The fraction of sp³-hybridized carbons (Fsp3) is 0.406. The summed E-state index contributed by atoms with van der Waals surface area (Å²) in [6.45, 7) is 5.69. The van der Waals surface area contributed by atoms with Gasteiger partial charge in [0.05, 0.1) is 40.2 Å². The Bertz CT molecular complexity index is 1620. The van der Waals surface area contributed by atoms with E-state index in [0.717, 1.165) is 4.90 Å². The molecule has 1 saturated heterocycles. The number of likely N-dealkylation sites (tertiary alicyclic amines) is 1. The first-order valence-corrected chi connectivity index (χ1v) is 13.9. The maximum absolute atomic E-state index is 14.1. The Labute approximate surface area is 255 Å². The molecule has 2 aromatic carbocycles. The maximum atomic E-state index is 14.1. The van der Waals surface area contributed by atoms with Crippen LogP contribution in [0.1, 0.15) is 67.6 Å². The van der Waals surface area contributed by atoms with Crippen LogP contribution in [0.3, 0.4) is 0 Å². The summed E-state index contributed by atoms with van der Waals surface area (Å²) in [5, 5.41) is 9.81. The fourth-order valence-electron chi connectivity index (χ4n) is 5.76. The molecule has 1 fully saturated rings. The molecule has 1 aromatic heterocycles. The van der Waals surface area contributed by atoms with Crippen molar-refractivity contribution in [3.05, 3.63) is 82.4 Å². The quantitative estimate of drug-likeness (QED) is 0.279. The number of aliphatic carboxylic acids is 1. The number of benzene rings is 2. The van der Waals surface area contributed by atoms with Crippen LogP contribution >= 0.6 is 0 Å². The molecule has 45 heavy (non-hydrogen) atoms. The molecule has 3 aromatic rings. The van der Waals surface area contributed by atoms with Gasteiger partial charge in [0.2, 0.25) is 5.91 Å². The standard InChI is InChI=1S/C32H32F7N3O3/c1-17-11-21(33)7-8-22(17)23-15-24(25-9-10-30(4,28(44)45)42(25)6)40-16-26(23)41(5)27(43)29(2,3)18-12-19(31(34,35)36)14-20(13-18)32(37,38)39/h7-8,11-16,25H,9-10H2,1-6H3,(H,44,45)/t25-,30+/m0/s1. The van der Waals surface area contributed by atoms with Crippen LogP contribution < -0.4 is 4.90 Å². The Hall–Kier alpha value is -4.00. The van der Waals surface area contributed by atoms with Crippen molar-refractivity contribution in [3.8, 4) is 11.1 Å². The second-order valence-corrected chi connectivity index (χ2v) is 12.1. The Morgan fingerprint density at radius 3 is 2.00 bits per heavy atom. The van der Waals surface area contributed by atoms with E-state index in [1.165, 1.54) is 45.3 Å². The first-order chi connectivity index (χ1) is 20.6.